The third-order valence-corrected chi connectivity index (χ3v) is 9.91. The number of piperidine rings is 1. The van der Waals surface area contributed by atoms with Crippen LogP contribution in [0.2, 0.25) is 0 Å². The van der Waals surface area contributed by atoms with Crippen LogP contribution in [-0.2, 0) is 24.5 Å². The number of rotatable bonds is 3. The molecular weight excluding hydrogens is 451 g/mol. The smallest absolute Gasteiger partial charge is 0.410 e. The summed E-state index contributed by atoms with van der Waals surface area (Å²) in [6, 6.07) is 4.87. The van der Waals surface area contributed by atoms with Gasteiger partial charge in [-0.25, -0.2) is 9.18 Å². The topological polar surface area (TPSA) is 98.9 Å². The number of carbonyl (C=O) groups is 3. The van der Waals surface area contributed by atoms with E-state index in [1.54, 1.807) is 17.0 Å². The number of nitrogens with two attached hydrogens (primary N) is 1. The highest BCUT2D eigenvalue weighted by atomic mass is 19.1. The Kier molecular flexibility index (Phi) is 5.17. The number of halogens is 1. The highest BCUT2D eigenvalue weighted by Gasteiger charge is 2.60. The first-order valence-corrected chi connectivity index (χ1v) is 12.9. The van der Waals surface area contributed by atoms with E-state index in [1.165, 1.54) is 13.2 Å². The number of esters is 1. The number of carbonyl (C=O) groups excluding carboxylic acids is 3. The number of likely N-dealkylation sites (tertiary alicyclic amines) is 1. The molecule has 1 aromatic carbocycles. The molecule has 4 saturated carbocycles. The predicted octanol–water partition coefficient (Wildman–Crippen LogP) is 3.64. The molecule has 1 saturated heterocycles. The number of ether oxygens (including phenoxy) is 2. The number of hydrogen-bond donors (Lipinski definition) is 1. The molecule has 2 amide bonds. The van der Waals surface area contributed by atoms with Gasteiger partial charge in [-0.05, 0) is 86.3 Å². The van der Waals surface area contributed by atoms with Crippen LogP contribution in [-0.4, -0.2) is 49.2 Å². The Balaban J connectivity index is 1.14. The third kappa shape index (κ3) is 3.39. The zero-order chi connectivity index (χ0) is 24.5. The largest absolute Gasteiger partial charge is 0.469 e. The normalized spacial score (nSPS) is 36.2. The second-order valence-electron chi connectivity index (χ2n) is 11.7. The molecule has 8 heteroatoms. The minimum Gasteiger partial charge on any atom is -0.469 e. The van der Waals surface area contributed by atoms with Crippen molar-refractivity contribution in [3.8, 4) is 0 Å². The van der Waals surface area contributed by atoms with Crippen molar-refractivity contribution >= 4 is 18.0 Å². The van der Waals surface area contributed by atoms with E-state index in [0.717, 1.165) is 32.1 Å². The number of nitrogens with zero attached hydrogens (tertiary/aromatic N) is 1. The number of hydrogen-bond acceptors (Lipinski definition) is 5. The molecule has 0 aromatic heterocycles. The van der Waals surface area contributed by atoms with E-state index >= 15 is 0 Å². The molecule has 6 aliphatic rings. The fourth-order valence-electron chi connectivity index (χ4n) is 8.65. The van der Waals surface area contributed by atoms with Crippen LogP contribution in [0.3, 0.4) is 0 Å². The van der Waals surface area contributed by atoms with Gasteiger partial charge in [-0.1, -0.05) is 12.1 Å². The lowest BCUT2D eigenvalue weighted by Gasteiger charge is -2.57. The molecule has 3 unspecified atom stereocenters. The van der Waals surface area contributed by atoms with E-state index in [0.29, 0.717) is 49.4 Å². The van der Waals surface area contributed by atoms with Crippen LogP contribution in [0.1, 0.15) is 68.4 Å². The van der Waals surface area contributed by atoms with Gasteiger partial charge in [0.2, 0.25) is 5.91 Å². The fraction of sp³-hybridized carbons (Fsp3) is 0.667. The number of fused-ring (bicyclic) bond motifs is 2. The van der Waals surface area contributed by atoms with Crippen molar-refractivity contribution in [3.63, 3.8) is 0 Å². The maximum absolute atomic E-state index is 14.9. The van der Waals surface area contributed by atoms with Crippen molar-refractivity contribution in [1.82, 2.24) is 4.90 Å². The maximum Gasteiger partial charge on any atom is 0.410 e. The lowest BCUT2D eigenvalue weighted by molar-refractivity contribution is -0.182. The van der Waals surface area contributed by atoms with Gasteiger partial charge in [-0.15, -0.1) is 0 Å². The fourth-order valence-corrected chi connectivity index (χ4v) is 8.65. The first-order chi connectivity index (χ1) is 16.7. The molecular formula is C27H33FN2O5. The summed E-state index contributed by atoms with van der Waals surface area (Å²) < 4.78 is 26.2. The Morgan fingerprint density at radius 3 is 2.37 bits per heavy atom. The summed E-state index contributed by atoms with van der Waals surface area (Å²) in [6.45, 7) is 0.906. The first kappa shape index (κ1) is 22.8. The second kappa shape index (κ2) is 7.93. The second-order valence-corrected chi connectivity index (χ2v) is 11.7. The molecule has 1 heterocycles. The van der Waals surface area contributed by atoms with Crippen LogP contribution in [0.5, 0.6) is 0 Å². The van der Waals surface area contributed by atoms with Crippen LogP contribution in [0.25, 0.3) is 0 Å². The number of primary amides is 1. The lowest BCUT2D eigenvalue weighted by atomic mass is 9.48. The summed E-state index contributed by atoms with van der Waals surface area (Å²) >= 11 is 0. The maximum atomic E-state index is 14.9. The van der Waals surface area contributed by atoms with Gasteiger partial charge >= 0.3 is 12.1 Å². The molecule has 1 aromatic rings. The van der Waals surface area contributed by atoms with Crippen molar-refractivity contribution in [3.05, 3.63) is 35.1 Å². The van der Waals surface area contributed by atoms with Gasteiger partial charge in [0.05, 0.1) is 18.4 Å². The highest BCUT2D eigenvalue weighted by molar-refractivity contribution is 5.84. The van der Waals surface area contributed by atoms with Gasteiger partial charge in [0.1, 0.15) is 11.9 Å². The monoisotopic (exact) mass is 484 g/mol. The number of amides is 2. The highest BCUT2D eigenvalue weighted by Crippen LogP contribution is 2.61. The summed E-state index contributed by atoms with van der Waals surface area (Å²) in [7, 11) is 1.46. The van der Waals surface area contributed by atoms with E-state index in [4.69, 9.17) is 15.2 Å². The van der Waals surface area contributed by atoms with E-state index in [-0.39, 0.29) is 35.8 Å². The van der Waals surface area contributed by atoms with Gasteiger partial charge in [0.25, 0.3) is 0 Å². The van der Waals surface area contributed by atoms with Crippen molar-refractivity contribution in [2.75, 3.05) is 20.2 Å². The van der Waals surface area contributed by atoms with Crippen LogP contribution in [0, 0.1) is 29.0 Å². The number of benzene rings is 1. The Morgan fingerprint density at radius 2 is 1.74 bits per heavy atom. The molecule has 5 fully saturated rings. The molecule has 1 aliphatic heterocycles. The molecule has 188 valence electrons. The molecule has 4 bridgehead atoms. The Labute approximate surface area is 204 Å². The summed E-state index contributed by atoms with van der Waals surface area (Å²) in [5.74, 6) is -0.416. The van der Waals surface area contributed by atoms with Gasteiger partial charge in [0.15, 0.2) is 0 Å². The standard InChI is InChI=1S/C27H33FN2O5/c1-34-24(32)27-11-15-9-16(12-27)22(17(10-15)13-27)35-25(33)30-7-5-26(6-8-30)14-19(23(29)31)18-3-2-4-20(28)21(18)26/h2-4,15-17,19,22H,5-14H2,1H3,(H2,29,31). The zero-order valence-corrected chi connectivity index (χ0v) is 20.1. The summed E-state index contributed by atoms with van der Waals surface area (Å²) in [5, 5.41) is 0. The third-order valence-electron chi connectivity index (χ3n) is 9.91. The van der Waals surface area contributed by atoms with Crippen molar-refractivity contribution in [2.45, 2.75) is 68.8 Å². The lowest BCUT2D eigenvalue weighted by Crippen LogP contribution is -2.58. The van der Waals surface area contributed by atoms with Gasteiger partial charge < -0.3 is 20.1 Å². The van der Waals surface area contributed by atoms with Gasteiger partial charge in [0, 0.05) is 18.5 Å². The summed E-state index contributed by atoms with van der Waals surface area (Å²) in [5.41, 5.74) is 6.07. The van der Waals surface area contributed by atoms with Gasteiger partial charge in [-0.3, -0.25) is 9.59 Å². The molecule has 0 radical (unpaired) electrons. The van der Waals surface area contributed by atoms with E-state index in [9.17, 15) is 18.8 Å². The van der Waals surface area contributed by atoms with E-state index in [1.807, 2.05) is 0 Å². The minimum atomic E-state index is -0.491. The predicted molar refractivity (Wildman–Crippen MR) is 124 cm³/mol. The SMILES string of the molecule is COC(=O)C12CC3CC(C1)C(OC(=O)N1CCC4(CC1)CC(C(N)=O)c1cccc(F)c14)C(C3)C2. The Hall–Kier alpha value is -2.64. The molecule has 35 heavy (non-hydrogen) atoms. The summed E-state index contributed by atoms with van der Waals surface area (Å²) in [6.07, 6.45) is 5.53. The minimum absolute atomic E-state index is 0.110. The van der Waals surface area contributed by atoms with Crippen molar-refractivity contribution < 1.29 is 28.2 Å². The van der Waals surface area contributed by atoms with Crippen LogP contribution in [0.4, 0.5) is 9.18 Å². The molecule has 1 spiro atoms. The van der Waals surface area contributed by atoms with E-state index < -0.39 is 22.7 Å². The first-order valence-electron chi connectivity index (χ1n) is 12.9. The molecule has 2 N–H and O–H groups in total. The van der Waals surface area contributed by atoms with E-state index in [2.05, 4.69) is 0 Å². The molecule has 7 nitrogen and oxygen atoms in total. The molecule has 5 aliphatic carbocycles. The number of methoxy groups -OCH3 is 1. The Morgan fingerprint density at radius 1 is 1.06 bits per heavy atom. The zero-order valence-electron chi connectivity index (χ0n) is 20.1. The Bertz CT molecular complexity index is 1070. The van der Waals surface area contributed by atoms with Crippen LogP contribution in [0.15, 0.2) is 18.2 Å². The average molecular weight is 485 g/mol. The molecule has 3 atom stereocenters. The van der Waals surface area contributed by atoms with Crippen molar-refractivity contribution in [1.29, 1.82) is 0 Å². The quantitative estimate of drug-likeness (QED) is 0.661. The van der Waals surface area contributed by atoms with Crippen molar-refractivity contribution in [2.24, 2.45) is 28.9 Å². The molecule has 7 rings (SSSR count). The van der Waals surface area contributed by atoms with Crippen LogP contribution < -0.4 is 5.73 Å². The van der Waals surface area contributed by atoms with Gasteiger partial charge in [-0.2, -0.15) is 0 Å². The average Bonchev–Trinajstić information content (AvgIpc) is 3.16. The summed E-state index contributed by atoms with van der Waals surface area (Å²) in [4.78, 5) is 39.6. The van der Waals surface area contributed by atoms with Crippen LogP contribution >= 0.6 is 0 Å².